The molecule has 5 rings (SSSR count). The Labute approximate surface area is 146 Å². The SMILES string of the molecule is O=C1N(CC2CC2)c2ccccc2C12CCN(Cc1nccs1)C2. The van der Waals surface area contributed by atoms with Gasteiger partial charge in [0, 0.05) is 36.9 Å². The largest absolute Gasteiger partial charge is 0.311 e. The van der Waals surface area contributed by atoms with Gasteiger partial charge in [-0.15, -0.1) is 11.3 Å². The molecular weight excluding hydrogens is 318 g/mol. The predicted octanol–water partition coefficient (Wildman–Crippen LogP) is 3.04. The second-order valence-corrected chi connectivity index (χ2v) is 8.32. The van der Waals surface area contributed by atoms with E-state index in [-0.39, 0.29) is 5.41 Å². The molecule has 3 aliphatic rings. The lowest BCUT2D eigenvalue weighted by Gasteiger charge is -2.24. The Morgan fingerprint density at radius 1 is 1.29 bits per heavy atom. The average molecular weight is 339 g/mol. The van der Waals surface area contributed by atoms with Gasteiger partial charge in [0.15, 0.2) is 0 Å². The lowest BCUT2D eigenvalue weighted by Crippen LogP contribution is -2.43. The Morgan fingerprint density at radius 3 is 2.96 bits per heavy atom. The first-order chi connectivity index (χ1) is 11.8. The Bertz CT molecular complexity index is 771. The second-order valence-electron chi connectivity index (χ2n) is 7.34. The number of amides is 1. The third-order valence-corrected chi connectivity index (χ3v) is 6.46. The second kappa shape index (κ2) is 5.39. The van der Waals surface area contributed by atoms with Crippen LogP contribution in [0.25, 0.3) is 0 Å². The fourth-order valence-corrected chi connectivity index (χ4v) is 4.93. The maximum absolute atomic E-state index is 13.4. The van der Waals surface area contributed by atoms with Crippen LogP contribution in [-0.4, -0.2) is 35.4 Å². The molecule has 0 radical (unpaired) electrons. The van der Waals surface area contributed by atoms with Crippen molar-refractivity contribution in [2.45, 2.75) is 31.2 Å². The quantitative estimate of drug-likeness (QED) is 0.859. The van der Waals surface area contributed by atoms with Crippen molar-refractivity contribution >= 4 is 22.9 Å². The van der Waals surface area contributed by atoms with Gasteiger partial charge in [-0.05, 0) is 36.8 Å². The standard InChI is InChI=1S/C19H21N3OS/c23-18-19(7-9-21(13-19)12-17-20-8-10-24-17)15-3-1-2-4-16(15)22(18)11-14-5-6-14/h1-4,8,10,14H,5-7,9,11-13H2. The van der Waals surface area contributed by atoms with E-state index < -0.39 is 0 Å². The highest BCUT2D eigenvalue weighted by atomic mass is 32.1. The topological polar surface area (TPSA) is 36.4 Å². The number of carbonyl (C=O) groups is 1. The number of nitrogens with zero attached hydrogens (tertiary/aromatic N) is 3. The average Bonchev–Trinajstić information content (AvgIpc) is 3.03. The molecule has 1 unspecified atom stereocenters. The van der Waals surface area contributed by atoms with Gasteiger partial charge in [0.05, 0.1) is 12.0 Å². The van der Waals surface area contributed by atoms with E-state index in [9.17, 15) is 4.79 Å². The molecule has 5 heteroatoms. The first kappa shape index (κ1) is 14.6. The summed E-state index contributed by atoms with van der Waals surface area (Å²) in [6.45, 7) is 3.56. The van der Waals surface area contributed by atoms with Gasteiger partial charge in [0.1, 0.15) is 5.01 Å². The highest BCUT2D eigenvalue weighted by Gasteiger charge is 2.54. The molecule has 3 heterocycles. The molecule has 1 saturated heterocycles. The zero-order valence-corrected chi connectivity index (χ0v) is 14.5. The van der Waals surface area contributed by atoms with Crippen LogP contribution < -0.4 is 4.90 Å². The molecule has 0 N–H and O–H groups in total. The third kappa shape index (κ3) is 2.22. The van der Waals surface area contributed by atoms with E-state index in [1.54, 1.807) is 11.3 Å². The number of rotatable bonds is 4. The van der Waals surface area contributed by atoms with Gasteiger partial charge in [-0.2, -0.15) is 0 Å². The maximum atomic E-state index is 13.4. The van der Waals surface area contributed by atoms with Crippen LogP contribution in [0.2, 0.25) is 0 Å². The van der Waals surface area contributed by atoms with E-state index in [0.717, 1.165) is 43.3 Å². The van der Waals surface area contributed by atoms with Gasteiger partial charge in [-0.1, -0.05) is 18.2 Å². The zero-order chi connectivity index (χ0) is 16.1. The van der Waals surface area contributed by atoms with Crippen LogP contribution in [0.4, 0.5) is 5.69 Å². The van der Waals surface area contributed by atoms with Crippen molar-refractivity contribution in [1.29, 1.82) is 0 Å². The van der Waals surface area contributed by atoms with Crippen LogP contribution >= 0.6 is 11.3 Å². The Hall–Kier alpha value is -1.72. The van der Waals surface area contributed by atoms with E-state index in [2.05, 4.69) is 39.0 Å². The van der Waals surface area contributed by atoms with Crippen LogP contribution in [0, 0.1) is 5.92 Å². The van der Waals surface area contributed by atoms with E-state index in [1.807, 2.05) is 11.6 Å². The van der Waals surface area contributed by atoms with Gasteiger partial charge in [0.25, 0.3) is 0 Å². The molecular formula is C19H21N3OS. The predicted molar refractivity (Wildman–Crippen MR) is 95.2 cm³/mol. The molecule has 2 fully saturated rings. The summed E-state index contributed by atoms with van der Waals surface area (Å²) in [4.78, 5) is 22.3. The lowest BCUT2D eigenvalue weighted by atomic mass is 9.81. The molecule has 1 saturated carbocycles. The molecule has 2 aromatic rings. The van der Waals surface area contributed by atoms with Crippen molar-refractivity contribution in [2.75, 3.05) is 24.5 Å². The molecule has 4 nitrogen and oxygen atoms in total. The highest BCUT2D eigenvalue weighted by Crippen LogP contribution is 2.48. The summed E-state index contributed by atoms with van der Waals surface area (Å²) < 4.78 is 0. The minimum atomic E-state index is -0.331. The van der Waals surface area contributed by atoms with Crippen LogP contribution in [0.15, 0.2) is 35.8 Å². The number of aromatic nitrogens is 1. The number of hydrogen-bond donors (Lipinski definition) is 0. The summed E-state index contributed by atoms with van der Waals surface area (Å²) in [5.41, 5.74) is 2.07. The molecule has 1 atom stereocenters. The smallest absolute Gasteiger partial charge is 0.239 e. The molecule has 24 heavy (non-hydrogen) atoms. The summed E-state index contributed by atoms with van der Waals surface area (Å²) in [7, 11) is 0. The first-order valence-electron chi connectivity index (χ1n) is 8.78. The summed E-state index contributed by atoms with van der Waals surface area (Å²) >= 11 is 1.70. The number of anilines is 1. The van der Waals surface area contributed by atoms with Crippen LogP contribution in [0.1, 0.15) is 29.8 Å². The van der Waals surface area contributed by atoms with E-state index >= 15 is 0 Å². The van der Waals surface area contributed by atoms with Crippen molar-refractivity contribution < 1.29 is 4.79 Å². The molecule has 1 amide bonds. The van der Waals surface area contributed by atoms with Crippen molar-refractivity contribution in [3.05, 3.63) is 46.4 Å². The fourth-order valence-electron chi connectivity index (χ4n) is 4.28. The summed E-state index contributed by atoms with van der Waals surface area (Å²) in [5, 5.41) is 3.16. The van der Waals surface area contributed by atoms with Gasteiger partial charge < -0.3 is 4.90 Å². The molecule has 1 spiro atoms. The maximum Gasteiger partial charge on any atom is 0.239 e. The van der Waals surface area contributed by atoms with Crippen LogP contribution in [0.3, 0.4) is 0 Å². The lowest BCUT2D eigenvalue weighted by molar-refractivity contribution is -0.122. The normalized spacial score (nSPS) is 26.5. The van der Waals surface area contributed by atoms with Crippen molar-refractivity contribution in [3.63, 3.8) is 0 Å². The van der Waals surface area contributed by atoms with Gasteiger partial charge in [0.2, 0.25) is 5.91 Å². The summed E-state index contributed by atoms with van der Waals surface area (Å²) in [6, 6.07) is 8.45. The number of fused-ring (bicyclic) bond motifs is 2. The van der Waals surface area contributed by atoms with Crippen molar-refractivity contribution in [1.82, 2.24) is 9.88 Å². The Balaban J connectivity index is 1.45. The van der Waals surface area contributed by atoms with E-state index in [1.165, 1.54) is 18.4 Å². The monoisotopic (exact) mass is 339 g/mol. The third-order valence-electron chi connectivity index (χ3n) is 5.69. The Kier molecular flexibility index (Phi) is 3.28. The number of para-hydroxylation sites is 1. The van der Waals surface area contributed by atoms with Crippen molar-refractivity contribution in [3.8, 4) is 0 Å². The van der Waals surface area contributed by atoms with Gasteiger partial charge in [-0.25, -0.2) is 4.98 Å². The molecule has 1 aromatic carbocycles. The minimum Gasteiger partial charge on any atom is -0.311 e. The molecule has 124 valence electrons. The molecule has 1 aromatic heterocycles. The molecule has 1 aliphatic carbocycles. The van der Waals surface area contributed by atoms with Crippen LogP contribution in [-0.2, 0) is 16.8 Å². The molecule has 2 aliphatic heterocycles. The first-order valence-corrected chi connectivity index (χ1v) is 9.66. The van der Waals surface area contributed by atoms with Crippen LogP contribution in [0.5, 0.6) is 0 Å². The number of hydrogen-bond acceptors (Lipinski definition) is 4. The van der Waals surface area contributed by atoms with E-state index in [0.29, 0.717) is 11.8 Å². The number of likely N-dealkylation sites (tertiary alicyclic amines) is 1. The van der Waals surface area contributed by atoms with Gasteiger partial charge in [-0.3, -0.25) is 9.69 Å². The summed E-state index contributed by atoms with van der Waals surface area (Å²) in [6.07, 6.45) is 5.33. The van der Waals surface area contributed by atoms with Gasteiger partial charge >= 0.3 is 0 Å². The zero-order valence-electron chi connectivity index (χ0n) is 13.6. The Morgan fingerprint density at radius 2 is 2.17 bits per heavy atom. The van der Waals surface area contributed by atoms with Crippen molar-refractivity contribution in [2.24, 2.45) is 5.92 Å². The number of carbonyl (C=O) groups excluding carboxylic acids is 1. The fraction of sp³-hybridized carbons (Fsp3) is 0.474. The highest BCUT2D eigenvalue weighted by molar-refractivity contribution is 7.09. The number of benzene rings is 1. The summed E-state index contributed by atoms with van der Waals surface area (Å²) in [5.74, 6) is 1.04. The minimum absolute atomic E-state index is 0.331. The number of thiazole rings is 1. The van der Waals surface area contributed by atoms with E-state index in [4.69, 9.17) is 0 Å². The molecule has 0 bridgehead atoms.